The van der Waals surface area contributed by atoms with Crippen molar-refractivity contribution in [1.29, 1.82) is 0 Å². The molecular formula is C18H19N2. The molecule has 2 aromatic carbocycles. The molecule has 0 aliphatic heterocycles. The van der Waals surface area contributed by atoms with Gasteiger partial charge in [-0.25, -0.2) is 4.68 Å². The highest BCUT2D eigenvalue weighted by atomic mass is 15.3. The molecule has 0 N–H and O–H groups in total. The molecular weight excluding hydrogens is 244 g/mol. The molecule has 2 heteroatoms. The van der Waals surface area contributed by atoms with Gasteiger partial charge >= 0.3 is 0 Å². The minimum absolute atomic E-state index is 1.01. The molecule has 3 aromatic rings. The number of hydrogen-bond donors (Lipinski definition) is 0. The minimum atomic E-state index is 1.01. The summed E-state index contributed by atoms with van der Waals surface area (Å²) in [5.74, 6) is 0. The topological polar surface area (TPSA) is 17.8 Å². The SMILES string of the molecule is CCc1cccc(CC)c1-n1ncc2[c]c(C)ccc21. The maximum absolute atomic E-state index is 4.61. The monoisotopic (exact) mass is 263 g/mol. The summed E-state index contributed by atoms with van der Waals surface area (Å²) in [6.45, 7) is 6.45. The van der Waals surface area contributed by atoms with E-state index in [0.29, 0.717) is 0 Å². The third kappa shape index (κ3) is 2.01. The quantitative estimate of drug-likeness (QED) is 0.690. The van der Waals surface area contributed by atoms with Crippen LogP contribution in [0.25, 0.3) is 16.6 Å². The molecule has 0 atom stereocenters. The summed E-state index contributed by atoms with van der Waals surface area (Å²) in [6.07, 6.45) is 3.94. The van der Waals surface area contributed by atoms with Crippen molar-refractivity contribution in [2.75, 3.05) is 0 Å². The molecule has 0 aliphatic carbocycles. The molecule has 0 fully saturated rings. The lowest BCUT2D eigenvalue weighted by Gasteiger charge is -2.14. The van der Waals surface area contributed by atoms with Crippen molar-refractivity contribution >= 4 is 10.9 Å². The number of nitrogens with zero attached hydrogens (tertiary/aromatic N) is 2. The van der Waals surface area contributed by atoms with Crippen LogP contribution in [0.1, 0.15) is 30.5 Å². The predicted octanol–water partition coefficient (Wildman–Crippen LogP) is 4.26. The lowest BCUT2D eigenvalue weighted by Crippen LogP contribution is -2.05. The highest BCUT2D eigenvalue weighted by molar-refractivity contribution is 5.81. The highest BCUT2D eigenvalue weighted by Crippen LogP contribution is 2.25. The van der Waals surface area contributed by atoms with E-state index in [1.165, 1.54) is 16.8 Å². The van der Waals surface area contributed by atoms with E-state index in [9.17, 15) is 0 Å². The van der Waals surface area contributed by atoms with Crippen LogP contribution < -0.4 is 0 Å². The number of aromatic nitrogens is 2. The van der Waals surface area contributed by atoms with Gasteiger partial charge in [-0.1, -0.05) is 38.1 Å². The van der Waals surface area contributed by atoms with Gasteiger partial charge in [-0.3, -0.25) is 0 Å². The molecule has 2 nitrogen and oxygen atoms in total. The van der Waals surface area contributed by atoms with E-state index in [1.54, 1.807) is 0 Å². The van der Waals surface area contributed by atoms with Gasteiger partial charge in [0.15, 0.2) is 0 Å². The average molecular weight is 263 g/mol. The largest absolute Gasteiger partial charge is 0.233 e. The van der Waals surface area contributed by atoms with Crippen LogP contribution in [0, 0.1) is 13.0 Å². The van der Waals surface area contributed by atoms with Crippen molar-refractivity contribution in [2.45, 2.75) is 33.6 Å². The van der Waals surface area contributed by atoms with Crippen LogP contribution in [0.2, 0.25) is 0 Å². The van der Waals surface area contributed by atoms with E-state index >= 15 is 0 Å². The summed E-state index contributed by atoms with van der Waals surface area (Å²) in [5, 5.41) is 5.69. The summed E-state index contributed by atoms with van der Waals surface area (Å²) in [4.78, 5) is 0. The van der Waals surface area contributed by atoms with Crippen LogP contribution in [0.5, 0.6) is 0 Å². The third-order valence-electron chi connectivity index (χ3n) is 3.81. The first-order valence-corrected chi connectivity index (χ1v) is 7.22. The third-order valence-corrected chi connectivity index (χ3v) is 3.81. The molecule has 0 aliphatic rings. The fourth-order valence-electron chi connectivity index (χ4n) is 2.74. The number of rotatable bonds is 3. The second kappa shape index (κ2) is 5.12. The molecule has 0 spiro atoms. The smallest absolute Gasteiger partial charge is 0.0747 e. The lowest BCUT2D eigenvalue weighted by molar-refractivity contribution is 0.870. The summed E-state index contributed by atoms with van der Waals surface area (Å²) in [7, 11) is 0. The summed E-state index contributed by atoms with van der Waals surface area (Å²) in [5.41, 5.74) is 6.21. The van der Waals surface area contributed by atoms with Gasteiger partial charge < -0.3 is 0 Å². The molecule has 101 valence electrons. The van der Waals surface area contributed by atoms with Gasteiger partial charge in [0.05, 0.1) is 17.4 Å². The van der Waals surface area contributed by atoms with Crippen LogP contribution in [0.3, 0.4) is 0 Å². The van der Waals surface area contributed by atoms with Gasteiger partial charge in [0.2, 0.25) is 0 Å². The van der Waals surface area contributed by atoms with Gasteiger partial charge in [-0.2, -0.15) is 5.10 Å². The fraction of sp³-hybridized carbons (Fsp3) is 0.278. The molecule has 20 heavy (non-hydrogen) atoms. The minimum Gasteiger partial charge on any atom is -0.233 e. The molecule has 1 heterocycles. The van der Waals surface area contributed by atoms with E-state index < -0.39 is 0 Å². The van der Waals surface area contributed by atoms with E-state index in [0.717, 1.165) is 29.3 Å². The van der Waals surface area contributed by atoms with Crippen molar-refractivity contribution in [3.05, 3.63) is 59.3 Å². The Morgan fingerprint density at radius 3 is 2.40 bits per heavy atom. The van der Waals surface area contributed by atoms with Gasteiger partial charge in [-0.15, -0.1) is 0 Å². The van der Waals surface area contributed by atoms with E-state index in [1.807, 2.05) is 6.20 Å². The standard InChI is InChI=1S/C18H19N2/c1-4-14-7-6-8-15(5-2)18(14)20-17-10-9-13(3)11-16(17)12-19-20/h6-10,12H,4-5H2,1-3H3. The van der Waals surface area contributed by atoms with E-state index in [2.05, 4.69) is 66.9 Å². The Kier molecular flexibility index (Phi) is 3.31. The maximum Gasteiger partial charge on any atom is 0.0747 e. The lowest BCUT2D eigenvalue weighted by atomic mass is 10.0. The molecule has 1 aromatic heterocycles. The van der Waals surface area contributed by atoms with Crippen LogP contribution in [-0.2, 0) is 12.8 Å². The summed E-state index contributed by atoms with van der Waals surface area (Å²) < 4.78 is 2.07. The maximum atomic E-state index is 4.61. The Morgan fingerprint density at radius 1 is 1.05 bits per heavy atom. The molecule has 0 unspecified atom stereocenters. The Hall–Kier alpha value is -2.09. The van der Waals surface area contributed by atoms with Crippen molar-refractivity contribution in [3.8, 4) is 5.69 Å². The molecule has 0 saturated heterocycles. The van der Waals surface area contributed by atoms with E-state index in [-0.39, 0.29) is 0 Å². The normalized spacial score (nSPS) is 11.2. The second-order valence-corrected chi connectivity index (χ2v) is 5.13. The molecule has 1 radical (unpaired) electrons. The number of fused-ring (bicyclic) bond motifs is 1. The van der Waals surface area contributed by atoms with Gasteiger partial charge in [0.1, 0.15) is 0 Å². The number of para-hydroxylation sites is 1. The molecule has 0 saturated carbocycles. The van der Waals surface area contributed by atoms with E-state index in [4.69, 9.17) is 0 Å². The first kappa shape index (κ1) is 12.9. The van der Waals surface area contributed by atoms with Crippen LogP contribution >= 0.6 is 0 Å². The highest BCUT2D eigenvalue weighted by Gasteiger charge is 2.12. The average Bonchev–Trinajstić information content (AvgIpc) is 2.88. The zero-order valence-corrected chi connectivity index (χ0v) is 12.3. The zero-order chi connectivity index (χ0) is 14.1. The summed E-state index contributed by atoms with van der Waals surface area (Å²) >= 11 is 0. The number of aryl methyl sites for hydroxylation is 3. The van der Waals surface area contributed by atoms with Crippen molar-refractivity contribution < 1.29 is 0 Å². The second-order valence-electron chi connectivity index (χ2n) is 5.13. The van der Waals surface area contributed by atoms with Crippen LogP contribution in [0.4, 0.5) is 0 Å². The van der Waals surface area contributed by atoms with Crippen molar-refractivity contribution in [2.24, 2.45) is 0 Å². The predicted molar refractivity (Wildman–Crippen MR) is 83.4 cm³/mol. The number of benzene rings is 2. The first-order chi connectivity index (χ1) is 9.74. The van der Waals surface area contributed by atoms with Crippen LogP contribution in [0.15, 0.2) is 36.5 Å². The van der Waals surface area contributed by atoms with Crippen molar-refractivity contribution in [3.63, 3.8) is 0 Å². The number of hydrogen-bond acceptors (Lipinski definition) is 1. The zero-order valence-electron chi connectivity index (χ0n) is 12.3. The first-order valence-electron chi connectivity index (χ1n) is 7.22. The Balaban J connectivity index is 2.30. The molecule has 0 bridgehead atoms. The van der Waals surface area contributed by atoms with Gasteiger partial charge in [0, 0.05) is 5.39 Å². The van der Waals surface area contributed by atoms with Gasteiger partial charge in [-0.05, 0) is 48.6 Å². The Morgan fingerprint density at radius 2 is 1.75 bits per heavy atom. The Bertz CT molecular complexity index is 731. The molecule has 0 amide bonds. The fourth-order valence-corrected chi connectivity index (χ4v) is 2.74. The van der Waals surface area contributed by atoms with Crippen molar-refractivity contribution in [1.82, 2.24) is 9.78 Å². The summed E-state index contributed by atoms with van der Waals surface area (Å²) in [6, 6.07) is 14.1. The van der Waals surface area contributed by atoms with Crippen LogP contribution in [-0.4, -0.2) is 9.78 Å². The molecule has 3 rings (SSSR count). The van der Waals surface area contributed by atoms with Gasteiger partial charge in [0.25, 0.3) is 0 Å². The Labute approximate surface area is 120 Å².